The van der Waals surface area contributed by atoms with Crippen molar-refractivity contribution in [3.05, 3.63) is 102 Å². The maximum atomic E-state index is 15.5. The van der Waals surface area contributed by atoms with E-state index >= 15 is 4.39 Å². The van der Waals surface area contributed by atoms with Crippen LogP contribution in [0.25, 0.3) is 22.4 Å². The number of benzene rings is 3. The summed E-state index contributed by atoms with van der Waals surface area (Å²) in [5, 5.41) is 32.7. The van der Waals surface area contributed by atoms with Crippen LogP contribution in [0.5, 0.6) is 0 Å². The molecule has 0 bridgehead atoms. The number of nitrogens with zero attached hydrogens (tertiary/aromatic N) is 1. The van der Waals surface area contributed by atoms with Crippen molar-refractivity contribution in [1.29, 1.82) is 0 Å². The molecule has 0 aliphatic heterocycles. The Balaban J connectivity index is 0.00000337. The summed E-state index contributed by atoms with van der Waals surface area (Å²) in [7, 11) is 0. The van der Waals surface area contributed by atoms with Crippen molar-refractivity contribution in [3.8, 4) is 22.4 Å². The molecule has 2 atom stereocenters. The molecule has 224 valence electrons. The maximum absolute atomic E-state index is 15.5. The standard InChI is InChI=1S/C33H34F2N2O5.Ca.2H/c1-20(2)31-30(33(42)36-23-11-7-4-8-12-23)29(21-9-5-3-6-10-21)32(26-14-13-22(34)17-27(26)35)37(31)16-15-24(38)18-25(39)19-28(40)41;;;/h3-14,17,20,24-25,38-39H,15-16,18-19H2,1-2H3,(H,36,42)(H,40,41);;;/q;+2;2*-1/t24-,25-;;;/m1.../s1. The number of rotatable bonds is 12. The number of amides is 1. The van der Waals surface area contributed by atoms with E-state index in [4.69, 9.17) is 5.11 Å². The van der Waals surface area contributed by atoms with Gasteiger partial charge in [0.05, 0.1) is 29.9 Å². The van der Waals surface area contributed by atoms with Crippen molar-refractivity contribution in [1.82, 2.24) is 4.57 Å². The molecule has 0 saturated carbocycles. The first-order chi connectivity index (χ1) is 20.1. The Hall–Kier alpha value is -3.08. The van der Waals surface area contributed by atoms with Gasteiger partial charge < -0.3 is 28.1 Å². The minimum atomic E-state index is -1.24. The van der Waals surface area contributed by atoms with Gasteiger partial charge in [0.15, 0.2) is 0 Å². The predicted octanol–water partition coefficient (Wildman–Crippen LogP) is 6.30. The number of carbonyl (C=O) groups is 2. The van der Waals surface area contributed by atoms with E-state index in [2.05, 4.69) is 5.32 Å². The second-order valence-corrected chi connectivity index (χ2v) is 10.5. The third-order valence-electron chi connectivity index (χ3n) is 7.00. The number of carboxylic acid groups (broad SMARTS) is 1. The summed E-state index contributed by atoms with van der Waals surface area (Å²) in [5.41, 5.74) is 3.00. The first kappa shape index (κ1) is 34.4. The number of halogens is 2. The first-order valence-corrected chi connectivity index (χ1v) is 13.8. The Morgan fingerprint density at radius 2 is 1.56 bits per heavy atom. The number of nitrogens with one attached hydrogen (secondary N) is 1. The molecule has 4 aromatic rings. The zero-order valence-electron chi connectivity index (χ0n) is 26.1. The number of carboxylic acids is 1. The molecule has 0 aliphatic rings. The fraction of sp³-hybridized carbons (Fsp3) is 0.273. The molecule has 1 heterocycles. The summed E-state index contributed by atoms with van der Waals surface area (Å²) in [6.45, 7) is 3.91. The SMILES string of the molecule is CC(C)c1c(C(=O)Nc2ccccc2)c(-c2ccccc2)c(-c2ccc(F)cc2F)n1CC[C@@H](O)C[C@@H](O)CC(=O)O.[Ca+2].[H-].[H-]. The van der Waals surface area contributed by atoms with E-state index in [1.165, 1.54) is 6.07 Å². The minimum absolute atomic E-state index is 0. The number of aromatic nitrogens is 1. The monoisotopic (exact) mass is 618 g/mol. The fourth-order valence-corrected chi connectivity index (χ4v) is 5.26. The summed E-state index contributed by atoms with van der Waals surface area (Å²) in [5.74, 6) is -3.39. The average Bonchev–Trinajstić information content (AvgIpc) is 3.28. The summed E-state index contributed by atoms with van der Waals surface area (Å²) in [4.78, 5) is 25.0. The molecule has 0 aliphatic carbocycles. The quantitative estimate of drug-likeness (QED) is 0.139. The third-order valence-corrected chi connectivity index (χ3v) is 7.00. The zero-order chi connectivity index (χ0) is 30.4. The number of aliphatic hydroxyl groups is 2. The van der Waals surface area contributed by atoms with Gasteiger partial charge in [-0.2, -0.15) is 0 Å². The van der Waals surface area contributed by atoms with Crippen LogP contribution >= 0.6 is 0 Å². The number of para-hydroxylation sites is 1. The Bertz CT molecular complexity index is 1560. The minimum Gasteiger partial charge on any atom is -1.00 e. The van der Waals surface area contributed by atoms with Crippen LogP contribution in [-0.2, 0) is 11.3 Å². The van der Waals surface area contributed by atoms with E-state index in [-0.39, 0.29) is 71.5 Å². The van der Waals surface area contributed by atoms with Crippen molar-refractivity contribution in [3.63, 3.8) is 0 Å². The van der Waals surface area contributed by atoms with Crippen LogP contribution in [0.1, 0.15) is 57.9 Å². The van der Waals surface area contributed by atoms with Gasteiger partial charge in [0.2, 0.25) is 0 Å². The summed E-state index contributed by atoms with van der Waals surface area (Å²) >= 11 is 0. The molecule has 43 heavy (non-hydrogen) atoms. The van der Waals surface area contributed by atoms with Crippen LogP contribution in [0.3, 0.4) is 0 Å². The van der Waals surface area contributed by atoms with Crippen LogP contribution in [0.4, 0.5) is 14.5 Å². The van der Waals surface area contributed by atoms with Crippen LogP contribution in [0.2, 0.25) is 0 Å². The van der Waals surface area contributed by atoms with E-state index in [0.29, 0.717) is 33.8 Å². The molecule has 4 rings (SSSR count). The van der Waals surface area contributed by atoms with E-state index in [1.807, 2.05) is 38.1 Å². The fourth-order valence-electron chi connectivity index (χ4n) is 5.26. The number of anilines is 1. The molecule has 10 heteroatoms. The number of aliphatic hydroxyl groups excluding tert-OH is 2. The first-order valence-electron chi connectivity index (χ1n) is 13.8. The van der Waals surface area contributed by atoms with E-state index < -0.39 is 42.1 Å². The largest absolute Gasteiger partial charge is 2.00 e. The van der Waals surface area contributed by atoms with Crippen molar-refractivity contribution in [2.24, 2.45) is 0 Å². The number of hydrogen-bond donors (Lipinski definition) is 4. The van der Waals surface area contributed by atoms with Crippen molar-refractivity contribution >= 4 is 55.3 Å². The van der Waals surface area contributed by atoms with Gasteiger partial charge in [0.25, 0.3) is 5.91 Å². The Morgan fingerprint density at radius 1 is 0.930 bits per heavy atom. The molecule has 0 radical (unpaired) electrons. The molecule has 4 N–H and O–H groups in total. The second-order valence-electron chi connectivity index (χ2n) is 10.5. The van der Waals surface area contributed by atoms with Crippen molar-refractivity contribution < 1.29 is 36.5 Å². The molecule has 0 fully saturated rings. The van der Waals surface area contributed by atoms with Gasteiger partial charge in [0, 0.05) is 35.1 Å². The number of carbonyl (C=O) groups excluding carboxylic acids is 1. The normalized spacial score (nSPS) is 12.4. The Kier molecular flexibility index (Phi) is 12.5. The van der Waals surface area contributed by atoms with Gasteiger partial charge in [0.1, 0.15) is 11.6 Å². The Labute approximate surface area is 282 Å². The average molecular weight is 619 g/mol. The van der Waals surface area contributed by atoms with Gasteiger partial charge in [-0.15, -0.1) is 0 Å². The third kappa shape index (κ3) is 8.52. The zero-order valence-corrected chi connectivity index (χ0v) is 26.3. The molecule has 0 saturated heterocycles. The summed E-state index contributed by atoms with van der Waals surface area (Å²) in [6.07, 6.45) is -2.92. The number of hydrogen-bond acceptors (Lipinski definition) is 4. The molecule has 3 aromatic carbocycles. The molecular formula is C33H36CaF2N2O5. The molecule has 7 nitrogen and oxygen atoms in total. The van der Waals surface area contributed by atoms with Gasteiger partial charge in [-0.3, -0.25) is 9.59 Å². The van der Waals surface area contributed by atoms with Crippen LogP contribution in [0, 0.1) is 11.6 Å². The molecule has 1 amide bonds. The van der Waals surface area contributed by atoms with Crippen LogP contribution in [0.15, 0.2) is 78.9 Å². The maximum Gasteiger partial charge on any atom is 2.00 e. The van der Waals surface area contributed by atoms with Crippen LogP contribution in [-0.4, -0.2) is 81.7 Å². The van der Waals surface area contributed by atoms with Gasteiger partial charge in [-0.05, 0) is 48.6 Å². The second kappa shape index (κ2) is 15.6. The van der Waals surface area contributed by atoms with Gasteiger partial charge in [-0.1, -0.05) is 62.4 Å². The molecule has 0 unspecified atom stereocenters. The van der Waals surface area contributed by atoms with Gasteiger partial charge >= 0.3 is 43.7 Å². The molecular weight excluding hydrogens is 582 g/mol. The van der Waals surface area contributed by atoms with E-state index in [1.54, 1.807) is 41.0 Å². The topological polar surface area (TPSA) is 112 Å². The summed E-state index contributed by atoms with van der Waals surface area (Å²) < 4.78 is 31.3. The summed E-state index contributed by atoms with van der Waals surface area (Å²) in [6, 6.07) is 21.3. The Morgan fingerprint density at radius 3 is 2.14 bits per heavy atom. The smallest absolute Gasteiger partial charge is 1.00 e. The van der Waals surface area contributed by atoms with Crippen molar-refractivity contribution in [2.75, 3.05) is 5.32 Å². The predicted molar refractivity (Wildman–Crippen MR) is 165 cm³/mol. The van der Waals surface area contributed by atoms with E-state index in [0.717, 1.165) is 12.1 Å². The molecule has 1 aromatic heterocycles. The van der Waals surface area contributed by atoms with Gasteiger partial charge in [-0.25, -0.2) is 8.78 Å². The van der Waals surface area contributed by atoms with E-state index in [9.17, 15) is 24.2 Å². The van der Waals surface area contributed by atoms with Crippen molar-refractivity contribution in [2.45, 2.75) is 57.8 Å². The molecule has 0 spiro atoms. The number of aliphatic carboxylic acids is 1. The van der Waals surface area contributed by atoms with Crippen LogP contribution < -0.4 is 5.32 Å².